The second-order valence-corrected chi connectivity index (χ2v) is 15.2. The number of ether oxygens (including phenoxy) is 3. The van der Waals surface area contributed by atoms with Crippen LogP contribution in [0.5, 0.6) is 0 Å². The van der Waals surface area contributed by atoms with Crippen LogP contribution in [0.25, 0.3) is 0 Å². The molecule has 0 bridgehead atoms. The van der Waals surface area contributed by atoms with E-state index in [4.69, 9.17) is 14.2 Å². The van der Waals surface area contributed by atoms with Crippen molar-refractivity contribution in [2.75, 3.05) is 41.0 Å². The zero-order valence-corrected chi connectivity index (χ0v) is 35.2. The molecule has 0 aromatic rings. The first-order chi connectivity index (χ1) is 26.1. The van der Waals surface area contributed by atoms with Crippen LogP contribution in [-0.4, -0.2) is 80.6 Å². The Morgan fingerprint density at radius 1 is 0.556 bits per heavy atom. The summed E-state index contributed by atoms with van der Waals surface area (Å²) in [7, 11) is 5.51. The average Bonchev–Trinajstić information content (AvgIpc) is 3.12. The number of likely N-dealkylation sites (N-methyl/N-ethyl adjacent to an activating group) is 1. The van der Waals surface area contributed by atoms with Crippen molar-refractivity contribution in [1.82, 2.24) is 0 Å². The van der Waals surface area contributed by atoms with E-state index in [1.165, 1.54) is 38.5 Å². The fraction of sp³-hybridized carbons (Fsp3) is 0.717. The Labute approximate surface area is 330 Å². The Kier molecular flexibility index (Phi) is 34.9. The lowest BCUT2D eigenvalue weighted by molar-refractivity contribution is -0.887. The van der Waals surface area contributed by atoms with Gasteiger partial charge in [-0.3, -0.25) is 9.59 Å². The predicted octanol–water partition coefficient (Wildman–Crippen LogP) is 11.4. The summed E-state index contributed by atoms with van der Waals surface area (Å²) >= 11 is 0. The van der Waals surface area contributed by atoms with E-state index < -0.39 is 18.1 Å². The monoisotopic (exact) mass is 759 g/mol. The van der Waals surface area contributed by atoms with Crippen LogP contribution in [0.15, 0.2) is 60.8 Å². The van der Waals surface area contributed by atoms with Crippen molar-refractivity contribution in [3.63, 3.8) is 0 Å². The number of carbonyl (C=O) groups is 3. The molecule has 8 nitrogen and oxygen atoms in total. The van der Waals surface area contributed by atoms with Crippen LogP contribution >= 0.6 is 0 Å². The summed E-state index contributed by atoms with van der Waals surface area (Å²) in [5.74, 6) is -1.50. The number of quaternary nitrogens is 1. The van der Waals surface area contributed by atoms with Crippen molar-refractivity contribution in [3.05, 3.63) is 60.8 Å². The largest absolute Gasteiger partial charge is 0.477 e. The number of rotatable bonds is 37. The Balaban J connectivity index is 4.39. The Bertz CT molecular complexity index is 1070. The highest BCUT2D eigenvalue weighted by Gasteiger charge is 2.31. The van der Waals surface area contributed by atoms with Gasteiger partial charge in [-0.1, -0.05) is 132 Å². The van der Waals surface area contributed by atoms with Gasteiger partial charge < -0.3 is 23.8 Å². The van der Waals surface area contributed by atoms with Crippen LogP contribution in [0.4, 0.5) is 0 Å². The van der Waals surface area contributed by atoms with Gasteiger partial charge in [0.1, 0.15) is 6.61 Å². The Morgan fingerprint density at radius 2 is 0.981 bits per heavy atom. The number of esters is 2. The lowest BCUT2D eigenvalue weighted by Gasteiger charge is -2.31. The number of nitrogens with zero attached hydrogens (tertiary/aromatic N) is 1. The molecule has 2 unspecified atom stereocenters. The molecule has 0 rings (SSSR count). The molecule has 1 N–H and O–H groups in total. The SMILES string of the molecule is CC/C=C/C/C=C/C/C=C/CCCCCCCCC(=O)OCC(COCCC(C(=O)O)[N+](C)(C)C)OC(=O)CCCCCCCCC/C=C/C/C=C/CC. The van der Waals surface area contributed by atoms with Crippen molar-refractivity contribution >= 4 is 17.9 Å². The van der Waals surface area contributed by atoms with E-state index in [0.29, 0.717) is 19.3 Å². The van der Waals surface area contributed by atoms with Gasteiger partial charge in [-0.15, -0.1) is 0 Å². The second-order valence-electron chi connectivity index (χ2n) is 15.2. The van der Waals surface area contributed by atoms with Gasteiger partial charge in [-0.2, -0.15) is 0 Å². The van der Waals surface area contributed by atoms with Crippen molar-refractivity contribution < 1.29 is 38.2 Å². The summed E-state index contributed by atoms with van der Waals surface area (Å²) in [6, 6.07) is -0.619. The molecule has 54 heavy (non-hydrogen) atoms. The third kappa shape index (κ3) is 34.8. The fourth-order valence-corrected chi connectivity index (χ4v) is 5.91. The number of carboxylic acid groups (broad SMARTS) is 1. The molecule has 310 valence electrons. The van der Waals surface area contributed by atoms with Gasteiger partial charge in [-0.05, 0) is 70.6 Å². The third-order valence-electron chi connectivity index (χ3n) is 9.16. The molecule has 0 radical (unpaired) electrons. The summed E-state index contributed by atoms with van der Waals surface area (Å²) in [6.07, 6.45) is 44.0. The molecule has 8 heteroatoms. The highest BCUT2D eigenvalue weighted by Crippen LogP contribution is 2.13. The number of carbonyl (C=O) groups excluding carboxylic acids is 2. The smallest absolute Gasteiger partial charge is 0.362 e. The normalized spacial score (nSPS) is 13.6. The fourth-order valence-electron chi connectivity index (χ4n) is 5.91. The minimum Gasteiger partial charge on any atom is -0.477 e. The predicted molar refractivity (Wildman–Crippen MR) is 224 cm³/mol. The molecular weight excluding hydrogens is 679 g/mol. The van der Waals surface area contributed by atoms with E-state index in [-0.39, 0.29) is 36.2 Å². The van der Waals surface area contributed by atoms with E-state index in [1.54, 1.807) is 0 Å². The molecule has 0 aliphatic heterocycles. The van der Waals surface area contributed by atoms with Crippen LogP contribution in [0.1, 0.15) is 162 Å². The number of aliphatic carboxylic acids is 1. The molecule has 2 atom stereocenters. The Hall–Kier alpha value is -2.97. The van der Waals surface area contributed by atoms with E-state index in [2.05, 4.69) is 74.6 Å². The molecule has 0 aromatic carbocycles. The summed E-state index contributed by atoms with van der Waals surface area (Å²) in [4.78, 5) is 36.9. The molecule has 0 saturated heterocycles. The second kappa shape index (κ2) is 37.0. The summed E-state index contributed by atoms with van der Waals surface area (Å²) in [5, 5.41) is 9.61. The number of unbranched alkanes of at least 4 members (excludes halogenated alkanes) is 13. The first kappa shape index (κ1) is 51.0. The van der Waals surface area contributed by atoms with Crippen LogP contribution in [0, 0.1) is 0 Å². The first-order valence-corrected chi connectivity index (χ1v) is 21.3. The van der Waals surface area contributed by atoms with Gasteiger partial charge in [0.2, 0.25) is 0 Å². The summed E-state index contributed by atoms with van der Waals surface area (Å²) in [6.45, 7) is 4.49. The lowest BCUT2D eigenvalue weighted by atomic mass is 10.1. The van der Waals surface area contributed by atoms with Crippen molar-refractivity contribution in [1.29, 1.82) is 0 Å². The maximum absolute atomic E-state index is 12.7. The van der Waals surface area contributed by atoms with Crippen molar-refractivity contribution in [2.24, 2.45) is 0 Å². The van der Waals surface area contributed by atoms with Crippen LogP contribution < -0.4 is 0 Å². The summed E-state index contributed by atoms with van der Waals surface area (Å²) < 4.78 is 17.2. The molecule has 0 spiro atoms. The Morgan fingerprint density at radius 3 is 1.44 bits per heavy atom. The highest BCUT2D eigenvalue weighted by molar-refractivity contribution is 5.72. The van der Waals surface area contributed by atoms with Crippen molar-refractivity contribution in [2.45, 2.75) is 174 Å². The van der Waals surface area contributed by atoms with Crippen LogP contribution in [0.3, 0.4) is 0 Å². The minimum atomic E-state index is -0.881. The summed E-state index contributed by atoms with van der Waals surface area (Å²) in [5.41, 5.74) is 0. The highest BCUT2D eigenvalue weighted by atomic mass is 16.6. The van der Waals surface area contributed by atoms with E-state index >= 15 is 0 Å². The average molecular weight is 759 g/mol. The van der Waals surface area contributed by atoms with Crippen LogP contribution in [0.2, 0.25) is 0 Å². The quantitative estimate of drug-likeness (QED) is 0.0291. The minimum absolute atomic E-state index is 0.0513. The van der Waals surface area contributed by atoms with Gasteiger partial charge in [0.25, 0.3) is 0 Å². The molecular formula is C46H80NO7+. The van der Waals surface area contributed by atoms with Crippen molar-refractivity contribution in [3.8, 4) is 0 Å². The molecule has 0 aliphatic carbocycles. The molecule has 0 fully saturated rings. The number of hydrogen-bond donors (Lipinski definition) is 1. The zero-order valence-electron chi connectivity index (χ0n) is 35.2. The number of allylic oxidation sites excluding steroid dienone is 10. The number of carboxylic acids is 1. The van der Waals surface area contributed by atoms with E-state index in [1.807, 2.05) is 21.1 Å². The number of hydrogen-bond acceptors (Lipinski definition) is 6. The molecule has 0 saturated carbocycles. The first-order valence-electron chi connectivity index (χ1n) is 21.3. The maximum Gasteiger partial charge on any atom is 0.362 e. The molecule has 0 aliphatic rings. The molecule has 0 amide bonds. The van der Waals surface area contributed by atoms with Crippen LogP contribution in [-0.2, 0) is 28.6 Å². The standard InChI is InChI=1S/C46H79NO7/c1-6-8-10-12-14-16-18-20-22-23-25-26-28-30-32-34-36-44(48)53-41-42(40-52-39-38-43(46(50)51)47(3,4)5)54-45(49)37-35-33-31-29-27-24-21-19-17-15-13-11-9-7-2/h8-11,14-17,20,22,42-43H,6-7,12-13,18-19,21,23-41H2,1-5H3/p+1/b10-8+,11-9+,16-14+,17-15+,22-20+. The van der Waals surface area contributed by atoms with Gasteiger partial charge in [-0.25, -0.2) is 4.79 Å². The topological polar surface area (TPSA) is 99.1 Å². The van der Waals surface area contributed by atoms with Gasteiger partial charge in [0.15, 0.2) is 12.1 Å². The third-order valence-corrected chi connectivity index (χ3v) is 9.16. The molecule has 0 aromatic heterocycles. The maximum atomic E-state index is 12.7. The van der Waals surface area contributed by atoms with Gasteiger partial charge >= 0.3 is 17.9 Å². The zero-order chi connectivity index (χ0) is 40.0. The van der Waals surface area contributed by atoms with Gasteiger partial charge in [0.05, 0.1) is 34.4 Å². The molecule has 0 heterocycles. The van der Waals surface area contributed by atoms with E-state index in [0.717, 1.165) is 89.9 Å². The lowest BCUT2D eigenvalue weighted by Crippen LogP contribution is -2.50. The van der Waals surface area contributed by atoms with Gasteiger partial charge in [0, 0.05) is 19.3 Å². The van der Waals surface area contributed by atoms with E-state index in [9.17, 15) is 19.5 Å².